The Kier molecular flexibility index (Phi) is 4.94. The number of anilines is 1. The maximum Gasteiger partial charge on any atom is 0.295 e. The standard InChI is InChI=1S/C23H25N5O2/c29-22(18-8-4-9-18)27-14-12-26(13-15-27)21-23(30)28(16-17-6-2-1-3-7-17)20-19(25-21)10-5-11-24-20/h1-3,5-7,10-11,18H,4,8-9,12-16H2. The zero-order valence-corrected chi connectivity index (χ0v) is 16.9. The van der Waals surface area contributed by atoms with Crippen LogP contribution in [0.2, 0.25) is 0 Å². The average molecular weight is 403 g/mol. The lowest BCUT2D eigenvalue weighted by molar-refractivity contribution is -0.138. The van der Waals surface area contributed by atoms with E-state index in [1.165, 1.54) is 0 Å². The maximum atomic E-state index is 13.4. The van der Waals surface area contributed by atoms with Gasteiger partial charge in [0.2, 0.25) is 5.91 Å². The van der Waals surface area contributed by atoms with E-state index in [9.17, 15) is 9.59 Å². The van der Waals surface area contributed by atoms with Crippen molar-refractivity contribution in [3.63, 3.8) is 0 Å². The van der Waals surface area contributed by atoms with Crippen molar-refractivity contribution < 1.29 is 4.79 Å². The largest absolute Gasteiger partial charge is 0.348 e. The third-order valence-electron chi connectivity index (χ3n) is 6.21. The van der Waals surface area contributed by atoms with Gasteiger partial charge in [-0.05, 0) is 30.5 Å². The second-order valence-electron chi connectivity index (χ2n) is 8.10. The second-order valence-corrected chi connectivity index (χ2v) is 8.10. The van der Waals surface area contributed by atoms with Crippen LogP contribution in [0.5, 0.6) is 0 Å². The van der Waals surface area contributed by atoms with Crippen LogP contribution in [0.25, 0.3) is 11.2 Å². The van der Waals surface area contributed by atoms with Gasteiger partial charge in [0.05, 0.1) is 6.54 Å². The summed E-state index contributed by atoms with van der Waals surface area (Å²) in [5, 5.41) is 0. The van der Waals surface area contributed by atoms with Crippen LogP contribution in [0, 0.1) is 5.92 Å². The molecule has 3 aromatic rings. The van der Waals surface area contributed by atoms with E-state index in [1.807, 2.05) is 52.3 Å². The molecule has 1 saturated heterocycles. The topological polar surface area (TPSA) is 71.3 Å². The van der Waals surface area contributed by atoms with Gasteiger partial charge in [-0.3, -0.25) is 14.2 Å². The summed E-state index contributed by atoms with van der Waals surface area (Å²) < 4.78 is 1.71. The van der Waals surface area contributed by atoms with E-state index >= 15 is 0 Å². The van der Waals surface area contributed by atoms with E-state index in [4.69, 9.17) is 0 Å². The number of benzene rings is 1. The molecule has 1 aromatic carbocycles. The Labute approximate surface area is 175 Å². The van der Waals surface area contributed by atoms with Gasteiger partial charge in [-0.2, -0.15) is 0 Å². The monoisotopic (exact) mass is 403 g/mol. The van der Waals surface area contributed by atoms with E-state index < -0.39 is 0 Å². The zero-order valence-electron chi connectivity index (χ0n) is 16.9. The van der Waals surface area contributed by atoms with E-state index in [0.717, 1.165) is 24.8 Å². The molecule has 3 heterocycles. The first-order valence-electron chi connectivity index (χ1n) is 10.6. The highest BCUT2D eigenvalue weighted by atomic mass is 16.2. The number of nitrogens with zero attached hydrogens (tertiary/aromatic N) is 5. The molecule has 1 amide bonds. The molecule has 2 aromatic heterocycles. The van der Waals surface area contributed by atoms with Gasteiger partial charge in [-0.15, -0.1) is 0 Å². The number of hydrogen-bond acceptors (Lipinski definition) is 5. The lowest BCUT2D eigenvalue weighted by Crippen LogP contribution is -2.52. The van der Waals surface area contributed by atoms with Crippen LogP contribution in [0.4, 0.5) is 5.82 Å². The molecule has 7 heteroatoms. The van der Waals surface area contributed by atoms with Gasteiger partial charge in [0.15, 0.2) is 11.5 Å². The number of hydrogen-bond donors (Lipinski definition) is 0. The summed E-state index contributed by atoms with van der Waals surface area (Å²) in [6, 6.07) is 13.6. The Hall–Kier alpha value is -3.22. The maximum absolute atomic E-state index is 13.4. The highest BCUT2D eigenvalue weighted by molar-refractivity contribution is 5.80. The van der Waals surface area contributed by atoms with Crippen molar-refractivity contribution in [1.82, 2.24) is 19.4 Å². The molecule has 0 radical (unpaired) electrons. The number of pyridine rings is 1. The van der Waals surface area contributed by atoms with Gasteiger partial charge in [-0.1, -0.05) is 36.8 Å². The minimum atomic E-state index is -0.135. The molecule has 0 bridgehead atoms. The van der Waals surface area contributed by atoms with Crippen molar-refractivity contribution in [2.24, 2.45) is 5.92 Å². The number of amides is 1. The van der Waals surface area contributed by atoms with Crippen LogP contribution < -0.4 is 10.5 Å². The lowest BCUT2D eigenvalue weighted by Gasteiger charge is -2.38. The van der Waals surface area contributed by atoms with E-state index in [-0.39, 0.29) is 17.4 Å². The number of carbonyl (C=O) groups is 1. The molecule has 5 rings (SSSR count). The summed E-state index contributed by atoms with van der Waals surface area (Å²) >= 11 is 0. The van der Waals surface area contributed by atoms with Crippen molar-refractivity contribution in [3.05, 3.63) is 64.6 Å². The Bertz CT molecular complexity index is 1120. The van der Waals surface area contributed by atoms with Crippen LogP contribution >= 0.6 is 0 Å². The highest BCUT2D eigenvalue weighted by Crippen LogP contribution is 2.28. The minimum Gasteiger partial charge on any atom is -0.348 e. The molecule has 7 nitrogen and oxygen atoms in total. The molecule has 2 aliphatic rings. The predicted octanol–water partition coefficient (Wildman–Crippen LogP) is 2.29. The molecule has 2 fully saturated rings. The number of rotatable bonds is 4. The van der Waals surface area contributed by atoms with Crippen molar-refractivity contribution in [1.29, 1.82) is 0 Å². The molecule has 0 N–H and O–H groups in total. The average Bonchev–Trinajstić information content (AvgIpc) is 2.75. The van der Waals surface area contributed by atoms with Crippen molar-refractivity contribution >= 4 is 22.9 Å². The number of fused-ring (bicyclic) bond motifs is 1. The molecule has 0 atom stereocenters. The normalized spacial score (nSPS) is 17.2. The first-order valence-corrected chi connectivity index (χ1v) is 10.6. The summed E-state index contributed by atoms with van der Waals surface area (Å²) in [5.41, 5.74) is 2.20. The van der Waals surface area contributed by atoms with E-state index in [1.54, 1.807) is 10.8 Å². The zero-order chi connectivity index (χ0) is 20.5. The third-order valence-corrected chi connectivity index (χ3v) is 6.21. The number of aromatic nitrogens is 3. The van der Waals surface area contributed by atoms with Crippen LogP contribution in [0.3, 0.4) is 0 Å². The minimum absolute atomic E-state index is 0.135. The Morgan fingerprint density at radius 3 is 2.47 bits per heavy atom. The lowest BCUT2D eigenvalue weighted by atomic mass is 9.84. The van der Waals surface area contributed by atoms with Crippen LogP contribution in [0.15, 0.2) is 53.5 Å². The fourth-order valence-corrected chi connectivity index (χ4v) is 4.23. The summed E-state index contributed by atoms with van der Waals surface area (Å²) in [5.74, 6) is 0.935. The van der Waals surface area contributed by atoms with Gasteiger partial charge < -0.3 is 9.80 Å². The summed E-state index contributed by atoms with van der Waals surface area (Å²) in [4.78, 5) is 39.0. The van der Waals surface area contributed by atoms with Crippen molar-refractivity contribution in [2.75, 3.05) is 31.1 Å². The molecule has 1 aliphatic heterocycles. The number of piperazine rings is 1. The summed E-state index contributed by atoms with van der Waals surface area (Å²) in [7, 11) is 0. The summed E-state index contributed by atoms with van der Waals surface area (Å²) in [6.45, 7) is 2.97. The number of carbonyl (C=O) groups excluding carboxylic acids is 1. The summed E-state index contributed by atoms with van der Waals surface area (Å²) in [6.07, 6.45) is 4.88. The van der Waals surface area contributed by atoms with E-state index in [0.29, 0.717) is 49.7 Å². The molecule has 1 aliphatic carbocycles. The fourth-order valence-electron chi connectivity index (χ4n) is 4.23. The van der Waals surface area contributed by atoms with Crippen molar-refractivity contribution in [2.45, 2.75) is 25.8 Å². The van der Waals surface area contributed by atoms with Crippen LogP contribution in [0.1, 0.15) is 24.8 Å². The molecular formula is C23H25N5O2. The van der Waals surface area contributed by atoms with E-state index in [2.05, 4.69) is 9.97 Å². The third kappa shape index (κ3) is 3.44. The van der Waals surface area contributed by atoms with Gasteiger partial charge in [0.25, 0.3) is 5.56 Å². The molecule has 154 valence electrons. The molecular weight excluding hydrogens is 378 g/mol. The molecule has 0 spiro atoms. The quantitative estimate of drug-likeness (QED) is 0.668. The SMILES string of the molecule is O=C(C1CCC1)N1CCN(c2nc3cccnc3n(Cc3ccccc3)c2=O)CC1. The predicted molar refractivity (Wildman–Crippen MR) is 115 cm³/mol. The van der Waals surface area contributed by atoms with Gasteiger partial charge in [-0.25, -0.2) is 9.97 Å². The van der Waals surface area contributed by atoms with Crippen LogP contribution in [-0.2, 0) is 11.3 Å². The molecule has 0 unspecified atom stereocenters. The fraction of sp³-hybridized carbons (Fsp3) is 0.391. The van der Waals surface area contributed by atoms with Crippen LogP contribution in [-0.4, -0.2) is 51.5 Å². The smallest absolute Gasteiger partial charge is 0.295 e. The Morgan fingerprint density at radius 1 is 1.00 bits per heavy atom. The van der Waals surface area contributed by atoms with Crippen molar-refractivity contribution in [3.8, 4) is 0 Å². The molecule has 30 heavy (non-hydrogen) atoms. The highest BCUT2D eigenvalue weighted by Gasteiger charge is 2.32. The first-order chi connectivity index (χ1) is 14.7. The van der Waals surface area contributed by atoms with Gasteiger partial charge in [0.1, 0.15) is 5.52 Å². The Balaban J connectivity index is 1.44. The molecule has 1 saturated carbocycles. The Morgan fingerprint density at radius 2 is 1.77 bits per heavy atom. The van der Waals surface area contributed by atoms with Gasteiger partial charge in [0, 0.05) is 38.3 Å². The first kappa shape index (κ1) is 18.8. The van der Waals surface area contributed by atoms with Gasteiger partial charge >= 0.3 is 0 Å². The second kappa shape index (κ2) is 7.89.